The minimum absolute atomic E-state index is 0.0676. The van der Waals surface area contributed by atoms with Gasteiger partial charge in [-0.05, 0) is 5.92 Å². The summed E-state index contributed by atoms with van der Waals surface area (Å²) >= 11 is 0. The van der Waals surface area contributed by atoms with Crippen molar-refractivity contribution < 1.29 is 19.1 Å². The summed E-state index contributed by atoms with van der Waals surface area (Å²) in [5.74, 6) is -1.75. The van der Waals surface area contributed by atoms with Gasteiger partial charge in [-0.1, -0.05) is 13.3 Å². The molecule has 0 aromatic carbocycles. The third-order valence-corrected chi connectivity index (χ3v) is 2.66. The summed E-state index contributed by atoms with van der Waals surface area (Å²) in [4.78, 5) is 33.9. The maximum Gasteiger partial charge on any atom is 0.316 e. The summed E-state index contributed by atoms with van der Waals surface area (Å²) < 4.78 is 4.56. The largest absolute Gasteiger partial charge is 0.468 e. The van der Waals surface area contributed by atoms with Gasteiger partial charge in [-0.3, -0.25) is 14.4 Å². The number of hydrogen-bond donors (Lipinski definition) is 0. The smallest absolute Gasteiger partial charge is 0.316 e. The van der Waals surface area contributed by atoms with Gasteiger partial charge in [0.1, 0.15) is 11.7 Å². The molecule has 0 heterocycles. The van der Waals surface area contributed by atoms with Crippen molar-refractivity contribution in [2.75, 3.05) is 7.11 Å². The van der Waals surface area contributed by atoms with Crippen LogP contribution in [0.2, 0.25) is 0 Å². The van der Waals surface area contributed by atoms with Gasteiger partial charge >= 0.3 is 5.97 Å². The first-order valence-electron chi connectivity index (χ1n) is 4.72. The van der Waals surface area contributed by atoms with E-state index < -0.39 is 11.9 Å². The van der Waals surface area contributed by atoms with E-state index in [2.05, 4.69) is 4.74 Å². The van der Waals surface area contributed by atoms with Gasteiger partial charge < -0.3 is 4.74 Å². The molecule has 1 aliphatic rings. The van der Waals surface area contributed by atoms with Crippen LogP contribution in [0.1, 0.15) is 26.2 Å². The lowest BCUT2D eigenvalue weighted by Gasteiger charge is -2.26. The Morgan fingerprint density at radius 1 is 1.50 bits per heavy atom. The summed E-state index contributed by atoms with van der Waals surface area (Å²) in [7, 11) is 1.26. The molecule has 14 heavy (non-hydrogen) atoms. The first-order chi connectivity index (χ1) is 6.60. The molecule has 0 radical (unpaired) electrons. The van der Waals surface area contributed by atoms with Crippen LogP contribution >= 0.6 is 0 Å². The van der Waals surface area contributed by atoms with Crippen LogP contribution < -0.4 is 0 Å². The Balaban J connectivity index is 2.83. The minimum Gasteiger partial charge on any atom is -0.468 e. The molecule has 0 spiro atoms. The predicted octanol–water partition coefficient (Wildman–Crippen LogP) is 0.734. The zero-order valence-electron chi connectivity index (χ0n) is 8.41. The van der Waals surface area contributed by atoms with E-state index in [1.54, 1.807) is 0 Å². The molecule has 0 aliphatic heterocycles. The second-order valence-corrected chi connectivity index (χ2v) is 3.56. The van der Waals surface area contributed by atoms with E-state index in [1.807, 2.05) is 6.92 Å². The Morgan fingerprint density at radius 3 is 2.64 bits per heavy atom. The summed E-state index contributed by atoms with van der Waals surface area (Å²) in [6.45, 7) is 1.87. The molecule has 1 aliphatic carbocycles. The number of methoxy groups -OCH3 is 1. The molecule has 1 rings (SSSR count). The van der Waals surface area contributed by atoms with Crippen LogP contribution in [0, 0.1) is 11.8 Å². The zero-order chi connectivity index (χ0) is 10.7. The highest BCUT2D eigenvalue weighted by Crippen LogP contribution is 2.28. The van der Waals surface area contributed by atoms with Crippen LogP contribution in [-0.2, 0) is 19.1 Å². The zero-order valence-corrected chi connectivity index (χ0v) is 8.41. The van der Waals surface area contributed by atoms with Crippen molar-refractivity contribution >= 4 is 17.5 Å². The van der Waals surface area contributed by atoms with Crippen molar-refractivity contribution in [3.8, 4) is 0 Å². The molecule has 1 fully saturated rings. The highest BCUT2D eigenvalue weighted by molar-refractivity contribution is 6.10. The van der Waals surface area contributed by atoms with Crippen LogP contribution in [-0.4, -0.2) is 24.6 Å². The second kappa shape index (κ2) is 4.35. The Bertz CT molecular complexity index is 269. The Kier molecular flexibility index (Phi) is 3.38. The van der Waals surface area contributed by atoms with Gasteiger partial charge in [-0.15, -0.1) is 0 Å². The highest BCUT2D eigenvalue weighted by atomic mass is 16.5. The number of esters is 1. The van der Waals surface area contributed by atoms with Crippen molar-refractivity contribution in [2.24, 2.45) is 11.8 Å². The summed E-state index contributed by atoms with van der Waals surface area (Å²) in [5, 5.41) is 0. The quantitative estimate of drug-likeness (QED) is 0.485. The first kappa shape index (κ1) is 10.9. The standard InChI is InChI=1S/C10H14O4/c1-3-6-4-7(11)5-8(12)9(6)10(13)14-2/h6,9H,3-5H2,1-2H3. The maximum absolute atomic E-state index is 11.5. The Hall–Kier alpha value is -1.19. The predicted molar refractivity (Wildman–Crippen MR) is 48.5 cm³/mol. The van der Waals surface area contributed by atoms with Gasteiger partial charge in [0.2, 0.25) is 0 Å². The number of carbonyl (C=O) groups excluding carboxylic acids is 3. The molecule has 78 valence electrons. The number of ketones is 2. The summed E-state index contributed by atoms with van der Waals surface area (Å²) in [6.07, 6.45) is 0.857. The van der Waals surface area contributed by atoms with Crippen LogP contribution in [0.3, 0.4) is 0 Å². The molecule has 0 saturated heterocycles. The molecule has 4 nitrogen and oxygen atoms in total. The topological polar surface area (TPSA) is 60.4 Å². The van der Waals surface area contributed by atoms with Crippen molar-refractivity contribution in [1.29, 1.82) is 0 Å². The molecule has 4 heteroatoms. The van der Waals surface area contributed by atoms with E-state index in [0.29, 0.717) is 12.8 Å². The van der Waals surface area contributed by atoms with Crippen LogP contribution in [0.4, 0.5) is 0 Å². The van der Waals surface area contributed by atoms with Crippen molar-refractivity contribution in [3.05, 3.63) is 0 Å². The highest BCUT2D eigenvalue weighted by Gasteiger charge is 2.40. The molecular weight excluding hydrogens is 184 g/mol. The number of rotatable bonds is 2. The monoisotopic (exact) mass is 198 g/mol. The molecule has 2 atom stereocenters. The van der Waals surface area contributed by atoms with Crippen molar-refractivity contribution in [3.63, 3.8) is 0 Å². The first-order valence-corrected chi connectivity index (χ1v) is 4.72. The molecular formula is C10H14O4. The third-order valence-electron chi connectivity index (χ3n) is 2.66. The van der Waals surface area contributed by atoms with E-state index in [4.69, 9.17) is 0 Å². The van der Waals surface area contributed by atoms with E-state index in [9.17, 15) is 14.4 Å². The van der Waals surface area contributed by atoms with E-state index >= 15 is 0 Å². The molecule has 1 saturated carbocycles. The van der Waals surface area contributed by atoms with Crippen molar-refractivity contribution in [2.45, 2.75) is 26.2 Å². The van der Waals surface area contributed by atoms with Gasteiger partial charge in [0.05, 0.1) is 13.5 Å². The minimum atomic E-state index is -0.720. The Morgan fingerprint density at radius 2 is 2.14 bits per heavy atom. The molecule has 0 N–H and O–H groups in total. The van der Waals surface area contributed by atoms with E-state index in [-0.39, 0.29) is 23.9 Å². The van der Waals surface area contributed by atoms with Gasteiger partial charge in [0.15, 0.2) is 5.78 Å². The fourth-order valence-corrected chi connectivity index (χ4v) is 1.88. The average molecular weight is 198 g/mol. The average Bonchev–Trinajstić information content (AvgIpc) is 2.15. The SMILES string of the molecule is CCC1CC(=O)CC(=O)C1C(=O)OC. The van der Waals surface area contributed by atoms with Crippen molar-refractivity contribution in [1.82, 2.24) is 0 Å². The fraction of sp³-hybridized carbons (Fsp3) is 0.700. The Labute approximate surface area is 82.6 Å². The van der Waals surface area contributed by atoms with Gasteiger partial charge in [0, 0.05) is 6.42 Å². The molecule has 0 aromatic heterocycles. The second-order valence-electron chi connectivity index (χ2n) is 3.56. The van der Waals surface area contributed by atoms with Crippen LogP contribution in [0.25, 0.3) is 0 Å². The molecule has 2 unspecified atom stereocenters. The normalized spacial score (nSPS) is 27.6. The van der Waals surface area contributed by atoms with Gasteiger partial charge in [-0.2, -0.15) is 0 Å². The lowest BCUT2D eigenvalue weighted by atomic mass is 9.76. The third kappa shape index (κ3) is 2.00. The summed E-state index contributed by atoms with van der Waals surface area (Å²) in [6, 6.07) is 0. The number of carbonyl (C=O) groups is 3. The fourth-order valence-electron chi connectivity index (χ4n) is 1.88. The number of Topliss-reactive ketones (excluding diaryl/α,β-unsaturated/α-hetero) is 2. The lowest BCUT2D eigenvalue weighted by Crippen LogP contribution is -2.38. The molecule has 0 amide bonds. The number of hydrogen-bond acceptors (Lipinski definition) is 4. The lowest BCUT2D eigenvalue weighted by molar-refractivity contribution is -0.154. The maximum atomic E-state index is 11.5. The van der Waals surface area contributed by atoms with Crippen LogP contribution in [0.5, 0.6) is 0 Å². The van der Waals surface area contributed by atoms with E-state index in [0.717, 1.165) is 0 Å². The van der Waals surface area contributed by atoms with Gasteiger partial charge in [-0.25, -0.2) is 0 Å². The summed E-state index contributed by atoms with van der Waals surface area (Å²) in [5.41, 5.74) is 0. The molecule has 0 aromatic rings. The van der Waals surface area contributed by atoms with E-state index in [1.165, 1.54) is 7.11 Å². The van der Waals surface area contributed by atoms with Gasteiger partial charge in [0.25, 0.3) is 0 Å². The molecule has 0 bridgehead atoms. The number of ether oxygens (including phenoxy) is 1. The van der Waals surface area contributed by atoms with Crippen LogP contribution in [0.15, 0.2) is 0 Å².